The molecule has 1 aliphatic carbocycles. The van der Waals surface area contributed by atoms with Gasteiger partial charge in [0, 0.05) is 11.1 Å². The van der Waals surface area contributed by atoms with Crippen molar-refractivity contribution < 1.29 is 27.1 Å². The third-order valence-electron chi connectivity index (χ3n) is 2.94. The van der Waals surface area contributed by atoms with E-state index >= 15 is 0 Å². The second kappa shape index (κ2) is 3.94. The molecule has 98 valence electrons. The molecule has 0 amide bonds. The van der Waals surface area contributed by atoms with Crippen LogP contribution in [0, 0.1) is 23.3 Å². The first kappa shape index (κ1) is 12.8. The van der Waals surface area contributed by atoms with Crippen molar-refractivity contribution in [3.05, 3.63) is 34.4 Å². The number of hydrogen-bond acceptors (Lipinski definition) is 3. The number of benzene rings is 1. The summed E-state index contributed by atoms with van der Waals surface area (Å²) in [5, 5.41) is 0. The van der Waals surface area contributed by atoms with Gasteiger partial charge in [0.1, 0.15) is 5.56 Å². The van der Waals surface area contributed by atoms with Gasteiger partial charge in [-0.15, -0.1) is 0 Å². The van der Waals surface area contributed by atoms with Crippen molar-refractivity contribution in [1.82, 2.24) is 0 Å². The molecule has 2 N–H and O–H groups in total. The lowest BCUT2D eigenvalue weighted by Gasteiger charge is -2.15. The molecule has 0 bridgehead atoms. The molecule has 0 spiro atoms. The largest absolute Gasteiger partial charge is 0.465 e. The van der Waals surface area contributed by atoms with E-state index in [2.05, 4.69) is 4.74 Å². The van der Waals surface area contributed by atoms with Gasteiger partial charge in [0.25, 0.3) is 0 Å². The Balaban J connectivity index is 2.72. The summed E-state index contributed by atoms with van der Waals surface area (Å²) in [5.74, 6) is -8.35. The molecule has 1 aromatic rings. The van der Waals surface area contributed by atoms with Crippen molar-refractivity contribution >= 4 is 5.97 Å². The molecule has 1 saturated carbocycles. The second-order valence-corrected chi connectivity index (χ2v) is 4.15. The zero-order valence-electron chi connectivity index (χ0n) is 9.32. The maximum atomic E-state index is 13.7. The van der Waals surface area contributed by atoms with Crippen LogP contribution in [0.4, 0.5) is 17.6 Å². The molecule has 18 heavy (non-hydrogen) atoms. The molecule has 1 fully saturated rings. The van der Waals surface area contributed by atoms with Crippen molar-refractivity contribution in [2.45, 2.75) is 18.4 Å². The summed E-state index contributed by atoms with van der Waals surface area (Å²) in [4.78, 5) is 11.1. The molecule has 7 heteroatoms. The van der Waals surface area contributed by atoms with E-state index in [1.54, 1.807) is 0 Å². The second-order valence-electron chi connectivity index (χ2n) is 4.15. The summed E-state index contributed by atoms with van der Waals surface area (Å²) in [6, 6.07) is 0. The maximum absolute atomic E-state index is 13.7. The van der Waals surface area contributed by atoms with Crippen LogP contribution in [0.5, 0.6) is 0 Å². The molecule has 0 unspecified atom stereocenters. The van der Waals surface area contributed by atoms with Crippen molar-refractivity contribution in [2.24, 2.45) is 5.73 Å². The summed E-state index contributed by atoms with van der Waals surface area (Å²) >= 11 is 0. The topological polar surface area (TPSA) is 52.3 Å². The number of carbonyl (C=O) groups is 1. The first-order valence-corrected chi connectivity index (χ1v) is 5.07. The average Bonchev–Trinajstić information content (AvgIpc) is 3.05. The highest BCUT2D eigenvalue weighted by atomic mass is 19.2. The third kappa shape index (κ3) is 1.66. The zero-order chi connectivity index (χ0) is 13.7. The van der Waals surface area contributed by atoms with E-state index in [9.17, 15) is 22.4 Å². The Morgan fingerprint density at radius 1 is 1.11 bits per heavy atom. The van der Waals surface area contributed by atoms with E-state index < -0.39 is 45.9 Å². The molecule has 3 nitrogen and oxygen atoms in total. The summed E-state index contributed by atoms with van der Waals surface area (Å²) in [5.41, 5.74) is 1.89. The van der Waals surface area contributed by atoms with E-state index in [0.717, 1.165) is 7.11 Å². The van der Waals surface area contributed by atoms with Gasteiger partial charge in [0.05, 0.1) is 7.11 Å². The molecule has 0 radical (unpaired) electrons. The Kier molecular flexibility index (Phi) is 2.81. The number of halogens is 4. The van der Waals surface area contributed by atoms with Crippen LogP contribution in [0.1, 0.15) is 28.8 Å². The molecule has 0 atom stereocenters. The number of ether oxygens (including phenoxy) is 1. The summed E-state index contributed by atoms with van der Waals surface area (Å²) < 4.78 is 58.5. The minimum Gasteiger partial charge on any atom is -0.465 e. The third-order valence-corrected chi connectivity index (χ3v) is 2.94. The van der Waals surface area contributed by atoms with Gasteiger partial charge >= 0.3 is 5.97 Å². The van der Waals surface area contributed by atoms with Crippen LogP contribution in [-0.2, 0) is 10.3 Å². The molecular weight excluding hydrogens is 254 g/mol. The zero-order valence-corrected chi connectivity index (χ0v) is 9.32. The van der Waals surface area contributed by atoms with Crippen molar-refractivity contribution in [1.29, 1.82) is 0 Å². The fourth-order valence-corrected chi connectivity index (χ4v) is 1.73. The Hall–Kier alpha value is -1.63. The van der Waals surface area contributed by atoms with E-state index in [1.165, 1.54) is 0 Å². The highest BCUT2D eigenvalue weighted by Gasteiger charge is 2.47. The average molecular weight is 263 g/mol. The minimum atomic E-state index is -1.78. The first-order chi connectivity index (χ1) is 8.33. The highest BCUT2D eigenvalue weighted by molar-refractivity contribution is 5.90. The molecule has 1 aliphatic rings. The molecule has 0 aromatic heterocycles. The van der Waals surface area contributed by atoms with Gasteiger partial charge in [-0.2, -0.15) is 0 Å². The standard InChI is InChI=1S/C11H9F4NO2/c1-18-10(17)4-6(12)8(14)5(9(15)7(4)13)11(16)2-3-11/h2-3,16H2,1H3. The lowest BCUT2D eigenvalue weighted by molar-refractivity contribution is 0.0586. The van der Waals surface area contributed by atoms with Gasteiger partial charge in [-0.1, -0.05) is 0 Å². The number of hydrogen-bond donors (Lipinski definition) is 1. The van der Waals surface area contributed by atoms with Crippen LogP contribution >= 0.6 is 0 Å². The van der Waals surface area contributed by atoms with Gasteiger partial charge in [0.2, 0.25) is 0 Å². The molecular formula is C11H9F4NO2. The van der Waals surface area contributed by atoms with Gasteiger partial charge in [0.15, 0.2) is 23.3 Å². The highest BCUT2D eigenvalue weighted by Crippen LogP contribution is 2.46. The van der Waals surface area contributed by atoms with Crippen LogP contribution in [-0.4, -0.2) is 13.1 Å². The number of carbonyl (C=O) groups excluding carboxylic acids is 1. The van der Waals surface area contributed by atoms with Crippen LogP contribution in [0.25, 0.3) is 0 Å². The van der Waals surface area contributed by atoms with Gasteiger partial charge in [-0.25, -0.2) is 22.4 Å². The Labute approximate surface area is 99.5 Å². The monoisotopic (exact) mass is 263 g/mol. The van der Waals surface area contributed by atoms with Crippen LogP contribution in [0.2, 0.25) is 0 Å². The van der Waals surface area contributed by atoms with Crippen LogP contribution < -0.4 is 5.73 Å². The predicted octanol–water partition coefficient (Wildman–Crippen LogP) is 1.98. The predicted molar refractivity (Wildman–Crippen MR) is 52.7 cm³/mol. The van der Waals surface area contributed by atoms with E-state index in [-0.39, 0.29) is 12.8 Å². The Bertz CT molecular complexity index is 511. The minimum absolute atomic E-state index is 0.220. The van der Waals surface area contributed by atoms with Gasteiger partial charge < -0.3 is 10.5 Å². The number of methoxy groups -OCH3 is 1. The van der Waals surface area contributed by atoms with Crippen molar-refractivity contribution in [3.63, 3.8) is 0 Å². The fourth-order valence-electron chi connectivity index (χ4n) is 1.73. The summed E-state index contributed by atoms with van der Waals surface area (Å²) in [6.45, 7) is 0. The summed E-state index contributed by atoms with van der Waals surface area (Å²) in [6.07, 6.45) is 0.439. The van der Waals surface area contributed by atoms with Crippen LogP contribution in [0.3, 0.4) is 0 Å². The summed E-state index contributed by atoms with van der Waals surface area (Å²) in [7, 11) is 0.844. The lowest BCUT2D eigenvalue weighted by Crippen LogP contribution is -2.26. The molecule has 0 saturated heterocycles. The van der Waals surface area contributed by atoms with Crippen molar-refractivity contribution in [2.75, 3.05) is 7.11 Å². The number of rotatable bonds is 2. The normalized spacial score (nSPS) is 16.6. The van der Waals surface area contributed by atoms with Gasteiger partial charge in [-0.3, -0.25) is 0 Å². The number of esters is 1. The van der Waals surface area contributed by atoms with E-state index in [1.807, 2.05) is 0 Å². The molecule has 0 heterocycles. The fraction of sp³-hybridized carbons (Fsp3) is 0.364. The van der Waals surface area contributed by atoms with E-state index in [4.69, 9.17) is 5.73 Å². The number of nitrogens with two attached hydrogens (primary N) is 1. The molecule has 2 rings (SSSR count). The lowest BCUT2D eigenvalue weighted by atomic mass is 10.0. The SMILES string of the molecule is COC(=O)c1c(F)c(F)c(C2(N)CC2)c(F)c1F. The van der Waals surface area contributed by atoms with Crippen LogP contribution in [0.15, 0.2) is 0 Å². The van der Waals surface area contributed by atoms with E-state index in [0.29, 0.717) is 0 Å². The smallest absolute Gasteiger partial charge is 0.344 e. The quantitative estimate of drug-likeness (QED) is 0.504. The Morgan fingerprint density at radius 2 is 1.56 bits per heavy atom. The molecule has 1 aromatic carbocycles. The van der Waals surface area contributed by atoms with Crippen molar-refractivity contribution in [3.8, 4) is 0 Å². The first-order valence-electron chi connectivity index (χ1n) is 5.07. The maximum Gasteiger partial charge on any atom is 0.344 e. The molecule has 0 aliphatic heterocycles. The van der Waals surface area contributed by atoms with Gasteiger partial charge in [-0.05, 0) is 12.8 Å². The Morgan fingerprint density at radius 3 is 1.89 bits per heavy atom.